The molecule has 0 radical (unpaired) electrons. The number of hydrogen-bond acceptors (Lipinski definition) is 4. The van der Waals surface area contributed by atoms with Gasteiger partial charge in [-0.3, -0.25) is 14.9 Å². The Kier molecular flexibility index (Phi) is 5.18. The van der Waals surface area contributed by atoms with E-state index in [9.17, 15) is 14.9 Å². The summed E-state index contributed by atoms with van der Waals surface area (Å²) in [7, 11) is 0. The first-order valence-electron chi connectivity index (χ1n) is 7.15. The molecular formula is C17H9Cl3N2O4. The van der Waals surface area contributed by atoms with E-state index in [0.717, 1.165) is 6.07 Å². The molecule has 0 atom stereocenters. The second-order valence-electron chi connectivity index (χ2n) is 5.16. The molecule has 9 heteroatoms. The number of amides is 1. The first-order valence-corrected chi connectivity index (χ1v) is 8.29. The summed E-state index contributed by atoms with van der Waals surface area (Å²) >= 11 is 17.8. The second-order valence-corrected chi connectivity index (χ2v) is 6.44. The van der Waals surface area contributed by atoms with Gasteiger partial charge in [0.15, 0.2) is 5.76 Å². The largest absolute Gasteiger partial charge is 0.451 e. The number of anilines is 1. The van der Waals surface area contributed by atoms with Crippen LogP contribution >= 0.6 is 34.8 Å². The van der Waals surface area contributed by atoms with Crippen LogP contribution in [0.15, 0.2) is 52.9 Å². The van der Waals surface area contributed by atoms with Crippen molar-refractivity contribution in [2.45, 2.75) is 0 Å². The fourth-order valence-electron chi connectivity index (χ4n) is 2.24. The number of rotatable bonds is 4. The van der Waals surface area contributed by atoms with Gasteiger partial charge in [0.05, 0.1) is 9.95 Å². The zero-order valence-corrected chi connectivity index (χ0v) is 15.1. The molecule has 3 rings (SSSR count). The fraction of sp³-hybridized carbons (Fsp3) is 0. The van der Waals surface area contributed by atoms with Crippen molar-refractivity contribution in [3.05, 3.63) is 79.5 Å². The van der Waals surface area contributed by atoms with Crippen LogP contribution in [0.5, 0.6) is 0 Å². The van der Waals surface area contributed by atoms with Crippen molar-refractivity contribution in [1.82, 2.24) is 0 Å². The van der Waals surface area contributed by atoms with Crippen LogP contribution in [0.25, 0.3) is 11.3 Å². The smallest absolute Gasteiger partial charge is 0.294 e. The van der Waals surface area contributed by atoms with E-state index >= 15 is 0 Å². The highest BCUT2D eigenvalue weighted by atomic mass is 35.5. The van der Waals surface area contributed by atoms with Gasteiger partial charge in [-0.15, -0.1) is 0 Å². The molecule has 1 aromatic heterocycles. The van der Waals surface area contributed by atoms with Crippen molar-refractivity contribution in [2.24, 2.45) is 0 Å². The van der Waals surface area contributed by atoms with Crippen LogP contribution in [0.2, 0.25) is 15.1 Å². The summed E-state index contributed by atoms with van der Waals surface area (Å²) < 4.78 is 5.51. The lowest BCUT2D eigenvalue weighted by Crippen LogP contribution is -2.12. The number of nitrogens with one attached hydrogen (secondary N) is 1. The van der Waals surface area contributed by atoms with Gasteiger partial charge in [0, 0.05) is 21.7 Å². The number of benzene rings is 2. The average Bonchev–Trinajstić information content (AvgIpc) is 3.08. The summed E-state index contributed by atoms with van der Waals surface area (Å²) in [5.41, 5.74) is 0.203. The molecule has 0 aliphatic rings. The number of halogens is 3. The SMILES string of the molecule is O=C(Nc1ccc(Cl)cc1[N+](=O)[O-])c1ccc(-c2cc(Cl)ccc2Cl)o1. The Hall–Kier alpha value is -2.54. The molecule has 26 heavy (non-hydrogen) atoms. The molecular weight excluding hydrogens is 403 g/mol. The Bertz CT molecular complexity index is 1020. The minimum Gasteiger partial charge on any atom is -0.451 e. The van der Waals surface area contributed by atoms with Gasteiger partial charge in [0.25, 0.3) is 11.6 Å². The lowest BCUT2D eigenvalue weighted by Gasteiger charge is -2.05. The van der Waals surface area contributed by atoms with Crippen molar-refractivity contribution in [3.8, 4) is 11.3 Å². The number of carbonyl (C=O) groups excluding carboxylic acids is 1. The van der Waals surface area contributed by atoms with Gasteiger partial charge in [0.2, 0.25) is 0 Å². The molecule has 0 bridgehead atoms. The number of nitro benzene ring substituents is 1. The molecule has 0 unspecified atom stereocenters. The van der Waals surface area contributed by atoms with Crippen LogP contribution in [-0.4, -0.2) is 10.8 Å². The van der Waals surface area contributed by atoms with Gasteiger partial charge in [-0.05, 0) is 42.5 Å². The van der Waals surface area contributed by atoms with Crippen LogP contribution in [-0.2, 0) is 0 Å². The van der Waals surface area contributed by atoms with Crippen molar-refractivity contribution >= 4 is 52.1 Å². The summed E-state index contributed by atoms with van der Waals surface area (Å²) in [5.74, 6) is -0.353. The van der Waals surface area contributed by atoms with E-state index in [1.165, 1.54) is 18.2 Å². The van der Waals surface area contributed by atoms with E-state index in [1.807, 2.05) is 0 Å². The molecule has 0 aliphatic carbocycles. The molecule has 6 nitrogen and oxygen atoms in total. The topological polar surface area (TPSA) is 85.4 Å². The van der Waals surface area contributed by atoms with E-state index in [0.29, 0.717) is 21.4 Å². The zero-order chi connectivity index (χ0) is 18.8. The van der Waals surface area contributed by atoms with Gasteiger partial charge in [-0.25, -0.2) is 0 Å². The number of nitro groups is 1. The molecule has 1 heterocycles. The maximum atomic E-state index is 12.4. The normalized spacial score (nSPS) is 10.6. The quantitative estimate of drug-likeness (QED) is 0.417. The maximum Gasteiger partial charge on any atom is 0.294 e. The standard InChI is InChI=1S/C17H9Cl3N2O4/c18-9-1-3-12(20)11(7-9)15-5-6-16(26-15)17(23)21-13-4-2-10(19)8-14(13)22(24)25/h1-8H,(H,21,23). The molecule has 0 spiro atoms. The summed E-state index contributed by atoms with van der Waals surface area (Å²) in [6.07, 6.45) is 0. The van der Waals surface area contributed by atoms with Crippen molar-refractivity contribution < 1.29 is 14.1 Å². The van der Waals surface area contributed by atoms with Crippen molar-refractivity contribution in [2.75, 3.05) is 5.32 Å². The zero-order valence-electron chi connectivity index (χ0n) is 12.8. The third kappa shape index (κ3) is 3.83. The minimum absolute atomic E-state index is 0.00291. The van der Waals surface area contributed by atoms with Crippen molar-refractivity contribution in [1.29, 1.82) is 0 Å². The summed E-state index contributed by atoms with van der Waals surface area (Å²) in [4.78, 5) is 22.8. The second kappa shape index (κ2) is 7.37. The summed E-state index contributed by atoms with van der Waals surface area (Å²) in [5, 5.41) is 14.6. The highest BCUT2D eigenvalue weighted by Gasteiger charge is 2.20. The Morgan fingerprint density at radius 1 is 1.00 bits per heavy atom. The first-order chi connectivity index (χ1) is 12.3. The molecule has 0 saturated heterocycles. The Labute approximate surface area is 162 Å². The van der Waals surface area contributed by atoms with E-state index in [4.69, 9.17) is 39.2 Å². The van der Waals surface area contributed by atoms with E-state index in [2.05, 4.69) is 5.32 Å². The number of carbonyl (C=O) groups is 1. The number of hydrogen-bond donors (Lipinski definition) is 1. The van der Waals surface area contributed by atoms with Gasteiger partial charge < -0.3 is 9.73 Å². The third-order valence-corrected chi connectivity index (χ3v) is 4.23. The molecule has 1 amide bonds. The predicted molar refractivity (Wildman–Crippen MR) is 100 cm³/mol. The first kappa shape index (κ1) is 18.3. The summed E-state index contributed by atoms with van der Waals surface area (Å²) in [6.45, 7) is 0. The number of nitrogens with zero attached hydrogens (tertiary/aromatic N) is 1. The minimum atomic E-state index is -0.653. The predicted octanol–water partition coefficient (Wildman–Crippen LogP) is 6.07. The van der Waals surface area contributed by atoms with Gasteiger partial charge in [-0.2, -0.15) is 0 Å². The average molecular weight is 412 g/mol. The maximum absolute atomic E-state index is 12.4. The molecule has 0 aliphatic heterocycles. The fourth-order valence-corrected chi connectivity index (χ4v) is 2.79. The van der Waals surface area contributed by atoms with Gasteiger partial charge in [-0.1, -0.05) is 34.8 Å². The Balaban J connectivity index is 1.88. The lowest BCUT2D eigenvalue weighted by molar-refractivity contribution is -0.383. The molecule has 132 valence electrons. The lowest BCUT2D eigenvalue weighted by atomic mass is 10.2. The Morgan fingerprint density at radius 3 is 2.42 bits per heavy atom. The molecule has 0 fully saturated rings. The van der Waals surface area contributed by atoms with E-state index in [-0.39, 0.29) is 22.2 Å². The van der Waals surface area contributed by atoms with Gasteiger partial charge >= 0.3 is 0 Å². The van der Waals surface area contributed by atoms with Crippen LogP contribution in [0.4, 0.5) is 11.4 Å². The Morgan fingerprint density at radius 2 is 1.69 bits per heavy atom. The van der Waals surface area contributed by atoms with Gasteiger partial charge in [0.1, 0.15) is 11.4 Å². The van der Waals surface area contributed by atoms with E-state index in [1.54, 1.807) is 24.3 Å². The summed E-state index contributed by atoms with van der Waals surface area (Å²) in [6, 6.07) is 11.8. The monoisotopic (exact) mass is 410 g/mol. The van der Waals surface area contributed by atoms with Crippen LogP contribution in [0, 0.1) is 10.1 Å². The molecule has 3 aromatic rings. The van der Waals surface area contributed by atoms with E-state index < -0.39 is 10.8 Å². The van der Waals surface area contributed by atoms with Crippen LogP contribution in [0.1, 0.15) is 10.6 Å². The molecule has 1 N–H and O–H groups in total. The van der Waals surface area contributed by atoms with Crippen LogP contribution < -0.4 is 5.32 Å². The molecule has 0 saturated carbocycles. The number of furan rings is 1. The molecule has 2 aromatic carbocycles. The highest BCUT2D eigenvalue weighted by molar-refractivity contribution is 6.35. The highest BCUT2D eigenvalue weighted by Crippen LogP contribution is 2.32. The third-order valence-electron chi connectivity index (χ3n) is 3.43. The van der Waals surface area contributed by atoms with Crippen molar-refractivity contribution in [3.63, 3.8) is 0 Å². The van der Waals surface area contributed by atoms with Crippen LogP contribution in [0.3, 0.4) is 0 Å².